The van der Waals surface area contributed by atoms with Crippen LogP contribution >= 0.6 is 0 Å². The Balaban J connectivity index is 2.92. The fourth-order valence-corrected chi connectivity index (χ4v) is 1.24. The van der Waals surface area contributed by atoms with Crippen LogP contribution in [0.3, 0.4) is 0 Å². The van der Waals surface area contributed by atoms with E-state index in [4.69, 9.17) is 9.84 Å². The van der Waals surface area contributed by atoms with Crippen molar-refractivity contribution in [2.24, 2.45) is 0 Å². The number of nitro groups is 1. The van der Waals surface area contributed by atoms with Crippen LogP contribution in [-0.2, 0) is 9.63 Å². The van der Waals surface area contributed by atoms with Gasteiger partial charge in [-0.25, -0.2) is 4.79 Å². The summed E-state index contributed by atoms with van der Waals surface area (Å²) in [4.78, 5) is 25.2. The van der Waals surface area contributed by atoms with E-state index in [1.807, 2.05) is 0 Å². The number of carbonyl (C=O) groups is 1. The van der Waals surface area contributed by atoms with Gasteiger partial charge in [-0.3, -0.25) is 20.4 Å². The molecule has 1 rings (SSSR count). The topological polar surface area (TPSA) is 111 Å². The van der Waals surface area contributed by atoms with Gasteiger partial charge in [0.2, 0.25) is 0 Å². The number of ether oxygens (including phenoxy) is 1. The number of benzene rings is 1. The van der Waals surface area contributed by atoms with E-state index in [-0.39, 0.29) is 23.7 Å². The Morgan fingerprint density at radius 2 is 2.28 bits per heavy atom. The van der Waals surface area contributed by atoms with Crippen LogP contribution < -0.4 is 10.2 Å². The second-order valence-electron chi connectivity index (χ2n) is 3.13. The summed E-state index contributed by atoms with van der Waals surface area (Å²) in [7, 11) is 0. The van der Waals surface area contributed by atoms with Gasteiger partial charge in [0.05, 0.1) is 11.5 Å². The third-order valence-electron chi connectivity index (χ3n) is 1.86. The maximum Gasteiger partial charge on any atom is 0.336 e. The fourth-order valence-electron chi connectivity index (χ4n) is 1.24. The van der Waals surface area contributed by atoms with Crippen molar-refractivity contribution in [2.45, 2.75) is 6.92 Å². The van der Waals surface area contributed by atoms with E-state index in [1.54, 1.807) is 6.92 Å². The highest BCUT2D eigenvalue weighted by atomic mass is 16.7. The van der Waals surface area contributed by atoms with Gasteiger partial charge in [-0.05, 0) is 19.1 Å². The second-order valence-corrected chi connectivity index (χ2v) is 3.13. The number of nitrogens with zero attached hydrogens (tertiary/aromatic N) is 1. The number of hydrogen-bond acceptors (Lipinski definition) is 6. The summed E-state index contributed by atoms with van der Waals surface area (Å²) < 4.78 is 5.11. The Morgan fingerprint density at radius 3 is 2.83 bits per heavy atom. The molecule has 1 aromatic rings. The lowest BCUT2D eigenvalue weighted by Crippen LogP contribution is -2.12. The normalized spacial score (nSPS) is 9.83. The number of carboxylic acids is 1. The van der Waals surface area contributed by atoms with E-state index >= 15 is 0 Å². The molecule has 0 radical (unpaired) electrons. The predicted octanol–water partition coefficient (Wildman–Crippen LogP) is 1.42. The minimum Gasteiger partial charge on any atom is -0.487 e. The molecule has 0 saturated heterocycles. The molecule has 0 aliphatic heterocycles. The third-order valence-corrected chi connectivity index (χ3v) is 1.86. The van der Waals surface area contributed by atoms with Crippen LogP contribution in [0, 0.1) is 10.1 Å². The lowest BCUT2D eigenvalue weighted by Gasteiger charge is -2.09. The van der Waals surface area contributed by atoms with Gasteiger partial charge in [0.1, 0.15) is 5.69 Å². The van der Waals surface area contributed by atoms with Crippen LogP contribution in [0.25, 0.3) is 0 Å². The zero-order chi connectivity index (χ0) is 13.5. The Labute approximate surface area is 102 Å². The monoisotopic (exact) mass is 256 g/mol. The van der Waals surface area contributed by atoms with Gasteiger partial charge in [-0.15, -0.1) is 0 Å². The Kier molecular flexibility index (Phi) is 4.88. The standard InChI is InChI=1S/C10H12N2O6/c1-2-17-8-5-3-4-7(10(8)12(15)16)11-18-6-9(13)14/h3-5,11H,2,6H2,1H3,(H,13,14). The Bertz CT molecular complexity index is 448. The first-order chi connectivity index (χ1) is 8.56. The molecule has 98 valence electrons. The zero-order valence-electron chi connectivity index (χ0n) is 9.58. The quantitative estimate of drug-likeness (QED) is 0.560. The number of nitro benzene ring substituents is 1. The third kappa shape index (κ3) is 3.59. The van der Waals surface area contributed by atoms with E-state index in [0.717, 1.165) is 0 Å². The lowest BCUT2D eigenvalue weighted by molar-refractivity contribution is -0.385. The lowest BCUT2D eigenvalue weighted by atomic mass is 10.2. The molecule has 8 nitrogen and oxygen atoms in total. The number of rotatable bonds is 7. The number of nitrogens with one attached hydrogen (secondary N) is 1. The SMILES string of the molecule is CCOc1cccc(NOCC(=O)O)c1[N+](=O)[O-]. The largest absolute Gasteiger partial charge is 0.487 e. The first kappa shape index (κ1) is 13.7. The molecule has 0 unspecified atom stereocenters. The van der Waals surface area contributed by atoms with Crippen molar-refractivity contribution in [3.63, 3.8) is 0 Å². The summed E-state index contributed by atoms with van der Waals surface area (Å²) in [5.41, 5.74) is 1.96. The van der Waals surface area contributed by atoms with Crippen LogP contribution in [0.4, 0.5) is 11.4 Å². The minimum atomic E-state index is -1.19. The number of anilines is 1. The molecule has 18 heavy (non-hydrogen) atoms. The molecule has 0 aliphatic carbocycles. The summed E-state index contributed by atoms with van der Waals surface area (Å²) in [5, 5.41) is 19.3. The average Bonchev–Trinajstić information content (AvgIpc) is 2.28. The van der Waals surface area contributed by atoms with E-state index in [0.29, 0.717) is 0 Å². The molecule has 0 bridgehead atoms. The van der Waals surface area contributed by atoms with Crippen LogP contribution in [0.2, 0.25) is 0 Å². The van der Waals surface area contributed by atoms with Crippen molar-refractivity contribution in [2.75, 3.05) is 18.7 Å². The van der Waals surface area contributed by atoms with Crippen molar-refractivity contribution in [3.8, 4) is 5.75 Å². The predicted molar refractivity (Wildman–Crippen MR) is 61.5 cm³/mol. The van der Waals surface area contributed by atoms with Crippen molar-refractivity contribution in [1.82, 2.24) is 0 Å². The molecule has 0 amide bonds. The summed E-state index contributed by atoms with van der Waals surface area (Å²) in [6.07, 6.45) is 0. The second kappa shape index (κ2) is 6.40. The molecular formula is C10H12N2O6. The summed E-state index contributed by atoms with van der Waals surface area (Å²) in [6, 6.07) is 4.37. The highest BCUT2D eigenvalue weighted by Gasteiger charge is 2.21. The highest BCUT2D eigenvalue weighted by molar-refractivity contribution is 5.69. The summed E-state index contributed by atoms with van der Waals surface area (Å²) in [6.45, 7) is 1.36. The summed E-state index contributed by atoms with van der Waals surface area (Å²) in [5.74, 6) is -1.10. The van der Waals surface area contributed by atoms with Gasteiger partial charge >= 0.3 is 11.7 Å². The maximum absolute atomic E-state index is 10.9. The molecular weight excluding hydrogens is 244 g/mol. The smallest absolute Gasteiger partial charge is 0.336 e. The molecule has 2 N–H and O–H groups in total. The van der Waals surface area contributed by atoms with Gasteiger partial charge in [0.25, 0.3) is 0 Å². The van der Waals surface area contributed by atoms with Crippen molar-refractivity contribution >= 4 is 17.3 Å². The van der Waals surface area contributed by atoms with E-state index < -0.39 is 17.5 Å². The first-order valence-electron chi connectivity index (χ1n) is 5.06. The average molecular weight is 256 g/mol. The van der Waals surface area contributed by atoms with E-state index in [9.17, 15) is 14.9 Å². The van der Waals surface area contributed by atoms with Crippen molar-refractivity contribution in [1.29, 1.82) is 0 Å². The number of carboxylic acid groups (broad SMARTS) is 1. The van der Waals surface area contributed by atoms with E-state index in [2.05, 4.69) is 10.3 Å². The van der Waals surface area contributed by atoms with Crippen LogP contribution in [-0.4, -0.2) is 29.2 Å². The molecule has 0 fully saturated rings. The van der Waals surface area contributed by atoms with Gasteiger partial charge < -0.3 is 9.84 Å². The van der Waals surface area contributed by atoms with Crippen LogP contribution in [0.15, 0.2) is 18.2 Å². The molecule has 1 aromatic carbocycles. The fraction of sp³-hybridized carbons (Fsp3) is 0.300. The van der Waals surface area contributed by atoms with Gasteiger partial charge in [-0.2, -0.15) is 0 Å². The molecule has 0 spiro atoms. The minimum absolute atomic E-state index is 0.0344. The van der Waals surface area contributed by atoms with Crippen molar-refractivity contribution in [3.05, 3.63) is 28.3 Å². The molecule has 0 atom stereocenters. The van der Waals surface area contributed by atoms with Crippen LogP contribution in [0.1, 0.15) is 6.92 Å². The highest BCUT2D eigenvalue weighted by Crippen LogP contribution is 2.34. The molecule has 0 aliphatic rings. The zero-order valence-corrected chi connectivity index (χ0v) is 9.58. The number of hydrogen-bond donors (Lipinski definition) is 2. The molecule has 0 saturated carbocycles. The summed E-state index contributed by atoms with van der Waals surface area (Å²) >= 11 is 0. The number of para-hydroxylation sites is 1. The van der Waals surface area contributed by atoms with Gasteiger partial charge in [0.15, 0.2) is 12.4 Å². The van der Waals surface area contributed by atoms with E-state index in [1.165, 1.54) is 18.2 Å². The maximum atomic E-state index is 10.9. The number of aliphatic carboxylic acids is 1. The first-order valence-corrected chi connectivity index (χ1v) is 5.06. The van der Waals surface area contributed by atoms with Gasteiger partial charge in [-0.1, -0.05) is 6.07 Å². The Hall–Kier alpha value is -2.35. The van der Waals surface area contributed by atoms with Crippen molar-refractivity contribution < 1.29 is 24.4 Å². The Morgan fingerprint density at radius 1 is 1.56 bits per heavy atom. The van der Waals surface area contributed by atoms with Gasteiger partial charge in [0, 0.05) is 0 Å². The molecule has 0 heterocycles. The van der Waals surface area contributed by atoms with Crippen LogP contribution in [0.5, 0.6) is 5.75 Å². The molecule has 8 heteroatoms. The molecule has 0 aromatic heterocycles.